The molecule has 20 heavy (non-hydrogen) atoms. The lowest BCUT2D eigenvalue weighted by atomic mass is 10.3. The number of aromatic amines is 1. The maximum absolute atomic E-state index is 11.6. The number of H-pyrrole nitrogens is 1. The molecule has 0 aliphatic heterocycles. The summed E-state index contributed by atoms with van der Waals surface area (Å²) in [7, 11) is 1.56. The van der Waals surface area contributed by atoms with Crippen molar-refractivity contribution in [3.63, 3.8) is 0 Å². The number of anilines is 1. The lowest BCUT2D eigenvalue weighted by Gasteiger charge is -2.09. The molecule has 0 saturated heterocycles. The Labute approximate surface area is 115 Å². The van der Waals surface area contributed by atoms with Crippen LogP contribution in [0.1, 0.15) is 24.6 Å². The lowest BCUT2D eigenvalue weighted by Crippen LogP contribution is -2.10. The van der Waals surface area contributed by atoms with Crippen molar-refractivity contribution < 1.29 is 9.47 Å². The molecule has 0 atom stereocenters. The number of nitrogen functional groups attached to an aromatic ring is 1. The van der Waals surface area contributed by atoms with Crippen molar-refractivity contribution in [3.8, 4) is 17.4 Å². The van der Waals surface area contributed by atoms with Crippen LogP contribution in [0.2, 0.25) is 0 Å². The molecule has 1 fully saturated rings. The Morgan fingerprint density at radius 2 is 2.15 bits per heavy atom. The van der Waals surface area contributed by atoms with Crippen molar-refractivity contribution in [2.75, 3.05) is 12.8 Å². The van der Waals surface area contributed by atoms with Gasteiger partial charge in [-0.2, -0.15) is 4.98 Å². The Morgan fingerprint density at radius 3 is 2.80 bits per heavy atom. The molecule has 3 N–H and O–H groups in total. The van der Waals surface area contributed by atoms with E-state index in [-0.39, 0.29) is 11.4 Å². The highest BCUT2D eigenvalue weighted by atomic mass is 16.5. The van der Waals surface area contributed by atoms with Crippen LogP contribution in [0, 0.1) is 0 Å². The average Bonchev–Trinajstić information content (AvgIpc) is 3.25. The van der Waals surface area contributed by atoms with Gasteiger partial charge >= 0.3 is 0 Å². The molecule has 0 spiro atoms. The van der Waals surface area contributed by atoms with E-state index in [1.807, 2.05) is 0 Å². The first-order valence-corrected chi connectivity index (χ1v) is 6.38. The van der Waals surface area contributed by atoms with E-state index in [1.54, 1.807) is 25.3 Å². The van der Waals surface area contributed by atoms with Crippen LogP contribution < -0.4 is 20.8 Å². The number of nitrogens with zero attached hydrogens (tertiary/aromatic N) is 1. The Bertz CT molecular complexity index is 692. The van der Waals surface area contributed by atoms with Crippen LogP contribution in [0.25, 0.3) is 0 Å². The van der Waals surface area contributed by atoms with Crippen LogP contribution in [-0.2, 0) is 0 Å². The van der Waals surface area contributed by atoms with E-state index in [1.165, 1.54) is 6.07 Å². The highest BCUT2D eigenvalue weighted by molar-refractivity contribution is 5.57. The largest absolute Gasteiger partial charge is 0.497 e. The predicted octanol–water partition coefficient (Wildman–Crippen LogP) is 2.03. The molecule has 104 valence electrons. The topological polar surface area (TPSA) is 90.2 Å². The van der Waals surface area contributed by atoms with E-state index in [0.29, 0.717) is 28.9 Å². The maximum Gasteiger partial charge on any atom is 0.254 e. The van der Waals surface area contributed by atoms with Gasteiger partial charge in [-0.15, -0.1) is 0 Å². The van der Waals surface area contributed by atoms with Gasteiger partial charge in [-0.1, -0.05) is 0 Å². The number of benzene rings is 1. The van der Waals surface area contributed by atoms with Gasteiger partial charge in [0.25, 0.3) is 5.56 Å². The highest BCUT2D eigenvalue weighted by Gasteiger charge is 2.26. The molecular weight excluding hydrogens is 258 g/mol. The van der Waals surface area contributed by atoms with Gasteiger partial charge in [-0.05, 0) is 25.0 Å². The first kappa shape index (κ1) is 12.5. The molecule has 1 aromatic heterocycles. The maximum atomic E-state index is 11.6. The first-order valence-electron chi connectivity index (χ1n) is 6.38. The first-order chi connectivity index (χ1) is 9.65. The molecule has 2 aromatic rings. The summed E-state index contributed by atoms with van der Waals surface area (Å²) < 4.78 is 10.7. The Balaban J connectivity index is 1.89. The van der Waals surface area contributed by atoms with Crippen LogP contribution in [0.5, 0.6) is 17.4 Å². The second kappa shape index (κ2) is 4.88. The Morgan fingerprint density at radius 1 is 1.35 bits per heavy atom. The predicted molar refractivity (Wildman–Crippen MR) is 74.3 cm³/mol. The normalized spacial score (nSPS) is 14.1. The summed E-state index contributed by atoms with van der Waals surface area (Å²) in [5.41, 5.74) is 6.09. The fourth-order valence-electron chi connectivity index (χ4n) is 1.91. The minimum Gasteiger partial charge on any atom is -0.497 e. The van der Waals surface area contributed by atoms with Crippen LogP contribution >= 0.6 is 0 Å². The van der Waals surface area contributed by atoms with Gasteiger partial charge < -0.3 is 20.2 Å². The zero-order valence-electron chi connectivity index (χ0n) is 11.1. The number of aromatic nitrogens is 2. The van der Waals surface area contributed by atoms with Crippen molar-refractivity contribution in [1.82, 2.24) is 9.97 Å². The Kier molecular flexibility index (Phi) is 3.06. The zero-order valence-corrected chi connectivity index (χ0v) is 11.1. The standard InChI is InChI=1S/C14H15N3O3/c1-19-9-4-5-11(10(15)6-9)20-13-7-12(18)16-14(17-13)8-2-3-8/h4-8H,2-3,15H2,1H3,(H,16,17,18). The van der Waals surface area contributed by atoms with Gasteiger partial charge in [0.05, 0.1) is 18.9 Å². The Hall–Kier alpha value is -2.50. The molecule has 1 heterocycles. The van der Waals surface area contributed by atoms with Crippen LogP contribution in [0.3, 0.4) is 0 Å². The minimum absolute atomic E-state index is 0.219. The summed E-state index contributed by atoms with van der Waals surface area (Å²) in [6, 6.07) is 6.40. The summed E-state index contributed by atoms with van der Waals surface area (Å²) >= 11 is 0. The zero-order chi connectivity index (χ0) is 14.1. The summed E-state index contributed by atoms with van der Waals surface area (Å²) in [5.74, 6) is 2.38. The lowest BCUT2D eigenvalue weighted by molar-refractivity contribution is 0.412. The molecule has 0 unspecified atom stereocenters. The summed E-state index contributed by atoms with van der Waals surface area (Å²) in [6.45, 7) is 0. The van der Waals surface area contributed by atoms with Crippen LogP contribution in [0.4, 0.5) is 5.69 Å². The third-order valence-corrected chi connectivity index (χ3v) is 3.13. The number of nitrogens with one attached hydrogen (secondary N) is 1. The molecule has 1 aliphatic carbocycles. The summed E-state index contributed by atoms with van der Waals surface area (Å²) in [6.07, 6.45) is 2.11. The number of hydrogen-bond donors (Lipinski definition) is 2. The molecule has 3 rings (SSSR count). The number of hydrogen-bond acceptors (Lipinski definition) is 5. The monoisotopic (exact) mass is 273 g/mol. The minimum atomic E-state index is -0.219. The van der Waals surface area contributed by atoms with Crippen LogP contribution in [-0.4, -0.2) is 17.1 Å². The average molecular weight is 273 g/mol. The number of rotatable bonds is 4. The fourth-order valence-corrected chi connectivity index (χ4v) is 1.91. The van der Waals surface area contributed by atoms with E-state index in [0.717, 1.165) is 12.8 Å². The van der Waals surface area contributed by atoms with Gasteiger partial charge in [0.1, 0.15) is 11.6 Å². The van der Waals surface area contributed by atoms with E-state index in [2.05, 4.69) is 9.97 Å². The smallest absolute Gasteiger partial charge is 0.254 e. The van der Waals surface area contributed by atoms with Gasteiger partial charge in [0.15, 0.2) is 5.75 Å². The SMILES string of the molecule is COc1ccc(Oc2cc(=O)[nH]c(C3CC3)n2)c(N)c1. The van der Waals surface area contributed by atoms with Crippen molar-refractivity contribution in [1.29, 1.82) is 0 Å². The molecule has 0 amide bonds. The molecule has 0 bridgehead atoms. The molecular formula is C14H15N3O3. The molecule has 1 aliphatic rings. The van der Waals surface area contributed by atoms with Gasteiger partial charge in [0, 0.05) is 12.0 Å². The number of methoxy groups -OCH3 is 1. The molecule has 6 nitrogen and oxygen atoms in total. The second-order valence-electron chi connectivity index (χ2n) is 4.75. The van der Waals surface area contributed by atoms with Crippen molar-refractivity contribution in [2.24, 2.45) is 0 Å². The third kappa shape index (κ3) is 2.59. The highest BCUT2D eigenvalue weighted by Crippen LogP contribution is 2.38. The van der Waals surface area contributed by atoms with Crippen molar-refractivity contribution in [2.45, 2.75) is 18.8 Å². The molecule has 6 heteroatoms. The summed E-state index contributed by atoms with van der Waals surface area (Å²) in [5, 5.41) is 0. The van der Waals surface area contributed by atoms with E-state index >= 15 is 0 Å². The van der Waals surface area contributed by atoms with Crippen LogP contribution in [0.15, 0.2) is 29.1 Å². The molecule has 1 saturated carbocycles. The third-order valence-electron chi connectivity index (χ3n) is 3.13. The molecule has 1 aromatic carbocycles. The van der Waals surface area contributed by atoms with E-state index in [9.17, 15) is 4.79 Å². The summed E-state index contributed by atoms with van der Waals surface area (Å²) in [4.78, 5) is 18.6. The van der Waals surface area contributed by atoms with Gasteiger partial charge in [-0.3, -0.25) is 4.79 Å². The number of nitrogens with two attached hydrogens (primary N) is 1. The fraction of sp³-hybridized carbons (Fsp3) is 0.286. The molecule has 0 radical (unpaired) electrons. The number of ether oxygens (including phenoxy) is 2. The van der Waals surface area contributed by atoms with Crippen molar-refractivity contribution in [3.05, 3.63) is 40.4 Å². The van der Waals surface area contributed by atoms with E-state index < -0.39 is 0 Å². The quantitative estimate of drug-likeness (QED) is 0.832. The van der Waals surface area contributed by atoms with E-state index in [4.69, 9.17) is 15.2 Å². The van der Waals surface area contributed by atoms with Gasteiger partial charge in [0.2, 0.25) is 5.88 Å². The van der Waals surface area contributed by atoms with Crippen molar-refractivity contribution >= 4 is 5.69 Å². The van der Waals surface area contributed by atoms with Gasteiger partial charge in [-0.25, -0.2) is 0 Å². The second-order valence-corrected chi connectivity index (χ2v) is 4.75.